The Hall–Kier alpha value is -3.52. The summed E-state index contributed by atoms with van der Waals surface area (Å²) in [4.78, 5) is 69.1. The Labute approximate surface area is 306 Å². The van der Waals surface area contributed by atoms with Crippen molar-refractivity contribution in [3.8, 4) is 11.5 Å². The van der Waals surface area contributed by atoms with E-state index in [2.05, 4.69) is 10.3 Å². The molecule has 2 bridgehead atoms. The standard InChI is InChI=1S/C35H35Cl2N3O8S2/c1-2-47-23-12-16(7-10-22(23)48-15-24(41)38-17-8-9-20(36)21(37)13-17)26-27-18-14-19(30(27)49-32-31(26)50-35(46)39-32)29-28(18)33(44)40(34(29)45)11-5-3-4-6-25(42)43/h7-10,12-13,18-19,26-30H,2-6,11,14-15H2,1H3,(H,38,41)(H,39,46)(H,42,43)/t18?,19?,26-,27?,28?,29?,30?/m1/s1. The topological polar surface area (TPSA) is 155 Å². The fourth-order valence-electron chi connectivity index (χ4n) is 8.41. The zero-order valence-electron chi connectivity index (χ0n) is 27.0. The summed E-state index contributed by atoms with van der Waals surface area (Å²) < 4.78 is 11.9. The van der Waals surface area contributed by atoms with Gasteiger partial charge in [0.1, 0.15) is 0 Å². The molecular formula is C35H35Cl2N3O8S2. The predicted octanol–water partition coefficient (Wildman–Crippen LogP) is 6.28. The minimum absolute atomic E-state index is 0.00415. The largest absolute Gasteiger partial charge is 0.490 e. The van der Waals surface area contributed by atoms with Crippen molar-refractivity contribution in [3.63, 3.8) is 0 Å². The fraction of sp³-hybridized carbons (Fsp3) is 0.457. The van der Waals surface area contributed by atoms with Crippen LogP contribution in [0.5, 0.6) is 11.5 Å². The molecular weight excluding hydrogens is 725 g/mol. The highest BCUT2D eigenvalue weighted by atomic mass is 35.5. The van der Waals surface area contributed by atoms with E-state index in [4.69, 9.17) is 37.8 Å². The number of aliphatic carboxylic acids is 1. The number of carboxylic acid groups (broad SMARTS) is 1. The number of nitrogens with zero attached hydrogens (tertiary/aromatic N) is 1. The average Bonchev–Trinajstić information content (AvgIpc) is 3.81. The smallest absolute Gasteiger partial charge is 0.305 e. The lowest BCUT2D eigenvalue weighted by atomic mass is 9.68. The third-order valence-corrected chi connectivity index (χ3v) is 13.6. The van der Waals surface area contributed by atoms with E-state index in [1.165, 1.54) is 16.2 Å². The maximum atomic E-state index is 13.9. The van der Waals surface area contributed by atoms with Crippen LogP contribution in [0.2, 0.25) is 10.0 Å². The van der Waals surface area contributed by atoms with Gasteiger partial charge in [-0.2, -0.15) is 0 Å². The Kier molecular flexibility index (Phi) is 9.94. The van der Waals surface area contributed by atoms with Gasteiger partial charge in [0, 0.05) is 34.7 Å². The Balaban J connectivity index is 1.12. The van der Waals surface area contributed by atoms with Gasteiger partial charge in [0.15, 0.2) is 18.1 Å². The molecule has 2 aliphatic heterocycles. The van der Waals surface area contributed by atoms with Gasteiger partial charge in [-0.1, -0.05) is 47.0 Å². The number of benzene rings is 2. The number of rotatable bonds is 13. The molecule has 1 saturated heterocycles. The van der Waals surface area contributed by atoms with Gasteiger partial charge in [-0.15, -0.1) is 11.8 Å². The molecule has 2 aromatic carbocycles. The highest BCUT2D eigenvalue weighted by molar-refractivity contribution is 8.00. The molecule has 3 heterocycles. The molecule has 0 radical (unpaired) electrons. The quantitative estimate of drug-likeness (QED) is 0.135. The van der Waals surface area contributed by atoms with Crippen LogP contribution in [0, 0.1) is 29.6 Å². The second kappa shape index (κ2) is 14.2. The normalized spacial score (nSPS) is 26.1. The maximum absolute atomic E-state index is 13.9. The number of unbranched alkanes of at least 4 members (excludes halogenated alkanes) is 2. The highest BCUT2D eigenvalue weighted by Gasteiger charge is 2.69. The van der Waals surface area contributed by atoms with Gasteiger partial charge >= 0.3 is 10.8 Å². The summed E-state index contributed by atoms with van der Waals surface area (Å²) >= 11 is 14.9. The van der Waals surface area contributed by atoms with Crippen LogP contribution >= 0.6 is 46.3 Å². The first-order chi connectivity index (χ1) is 24.0. The lowest BCUT2D eigenvalue weighted by molar-refractivity contribution is -0.141. The number of nitrogens with one attached hydrogen (secondary N) is 2. The number of halogens is 2. The molecule has 3 N–H and O–H groups in total. The molecule has 2 saturated carbocycles. The van der Waals surface area contributed by atoms with Crippen LogP contribution in [0.15, 0.2) is 46.2 Å². The van der Waals surface area contributed by atoms with Crippen LogP contribution in [0.1, 0.15) is 55.4 Å². The molecule has 50 heavy (non-hydrogen) atoms. The number of likely N-dealkylation sites (tertiary alicyclic amines) is 1. The van der Waals surface area contributed by atoms with Gasteiger partial charge in [-0.25, -0.2) is 0 Å². The second-order valence-corrected chi connectivity index (χ2v) is 16.1. The predicted molar refractivity (Wildman–Crippen MR) is 190 cm³/mol. The van der Waals surface area contributed by atoms with Crippen molar-refractivity contribution in [2.45, 2.75) is 55.2 Å². The molecule has 2 aliphatic carbocycles. The third kappa shape index (κ3) is 6.42. The lowest BCUT2D eigenvalue weighted by Gasteiger charge is -2.43. The number of fused-ring (bicyclic) bond motifs is 9. The average molecular weight is 761 g/mol. The van der Waals surface area contributed by atoms with E-state index in [0.29, 0.717) is 59.6 Å². The molecule has 6 unspecified atom stereocenters. The SMILES string of the molecule is CCOc1cc([C@H]2c3sc(=O)[nH]c3SC3C4CC(C5C(=O)N(CCCCCC(=O)O)C(=O)C45)C32)ccc1OCC(=O)Nc1ccc(Cl)c(Cl)c1. The minimum Gasteiger partial charge on any atom is -0.490 e. The first kappa shape index (κ1) is 34.9. The number of carbonyl (C=O) groups is 4. The van der Waals surface area contributed by atoms with Gasteiger partial charge in [0.25, 0.3) is 5.91 Å². The third-order valence-electron chi connectivity index (χ3n) is 10.3. The van der Waals surface area contributed by atoms with Gasteiger partial charge in [0.05, 0.1) is 33.5 Å². The summed E-state index contributed by atoms with van der Waals surface area (Å²) in [5, 5.41) is 13.2. The fourth-order valence-corrected chi connectivity index (χ4v) is 11.6. The monoisotopic (exact) mass is 759 g/mol. The second-order valence-electron chi connectivity index (χ2n) is 13.1. The summed E-state index contributed by atoms with van der Waals surface area (Å²) in [7, 11) is 0. The van der Waals surface area contributed by atoms with Crippen LogP contribution in [0.3, 0.4) is 0 Å². The number of amides is 3. The van der Waals surface area contributed by atoms with Gasteiger partial charge < -0.3 is 24.9 Å². The van der Waals surface area contributed by atoms with Crippen LogP contribution in [-0.2, 0) is 19.2 Å². The van der Waals surface area contributed by atoms with E-state index in [-0.39, 0.29) is 64.6 Å². The van der Waals surface area contributed by atoms with Crippen molar-refractivity contribution in [2.24, 2.45) is 29.6 Å². The number of aromatic amines is 1. The lowest BCUT2D eigenvalue weighted by Crippen LogP contribution is -2.42. The molecule has 11 nitrogen and oxygen atoms in total. The van der Waals surface area contributed by atoms with Crippen molar-refractivity contribution >= 4 is 75.7 Å². The summed E-state index contributed by atoms with van der Waals surface area (Å²) in [6.45, 7) is 2.23. The maximum Gasteiger partial charge on any atom is 0.305 e. The number of hydrogen-bond donors (Lipinski definition) is 3. The number of carboxylic acids is 1. The number of ether oxygens (including phenoxy) is 2. The highest BCUT2D eigenvalue weighted by Crippen LogP contribution is 2.68. The minimum atomic E-state index is -0.853. The van der Waals surface area contributed by atoms with Crippen LogP contribution in [0.4, 0.5) is 5.69 Å². The van der Waals surface area contributed by atoms with E-state index in [1.54, 1.807) is 36.0 Å². The number of anilines is 1. The summed E-state index contributed by atoms with van der Waals surface area (Å²) in [5.74, 6) is -1.69. The van der Waals surface area contributed by atoms with E-state index in [1.807, 2.05) is 19.1 Å². The summed E-state index contributed by atoms with van der Waals surface area (Å²) in [6.07, 6.45) is 2.55. The molecule has 4 aliphatic rings. The number of hydrogen-bond acceptors (Lipinski definition) is 9. The molecule has 15 heteroatoms. The summed E-state index contributed by atoms with van der Waals surface area (Å²) in [6, 6.07) is 10.4. The molecule has 7 rings (SSSR count). The van der Waals surface area contributed by atoms with E-state index >= 15 is 0 Å². The molecule has 1 aromatic heterocycles. The zero-order chi connectivity index (χ0) is 35.3. The van der Waals surface area contributed by atoms with Crippen LogP contribution in [-0.4, -0.2) is 63.7 Å². The molecule has 3 aromatic rings. The molecule has 3 amide bonds. The Morgan fingerprint density at radius 1 is 0.980 bits per heavy atom. The zero-order valence-corrected chi connectivity index (χ0v) is 30.1. The molecule has 7 atom stereocenters. The Morgan fingerprint density at radius 3 is 2.50 bits per heavy atom. The van der Waals surface area contributed by atoms with Crippen LogP contribution < -0.4 is 19.7 Å². The number of H-pyrrole nitrogens is 1. The first-order valence-corrected chi connectivity index (χ1v) is 19.1. The van der Waals surface area contributed by atoms with Crippen LogP contribution in [0.25, 0.3) is 0 Å². The van der Waals surface area contributed by atoms with E-state index in [9.17, 15) is 24.0 Å². The first-order valence-electron chi connectivity index (χ1n) is 16.7. The molecule has 0 spiro atoms. The Morgan fingerprint density at radius 2 is 1.76 bits per heavy atom. The summed E-state index contributed by atoms with van der Waals surface area (Å²) in [5.41, 5.74) is 1.39. The molecule has 264 valence electrons. The van der Waals surface area contributed by atoms with Crippen molar-refractivity contribution in [1.82, 2.24) is 9.88 Å². The number of carbonyl (C=O) groups excluding carboxylic acids is 3. The number of aromatic nitrogens is 1. The van der Waals surface area contributed by atoms with Gasteiger partial charge in [-0.3, -0.25) is 28.9 Å². The Bertz CT molecular complexity index is 1920. The molecule has 3 fully saturated rings. The van der Waals surface area contributed by atoms with Crippen molar-refractivity contribution < 1.29 is 33.8 Å². The van der Waals surface area contributed by atoms with Crippen molar-refractivity contribution in [2.75, 3.05) is 25.1 Å². The van der Waals surface area contributed by atoms with Gasteiger partial charge in [-0.05, 0) is 79.8 Å². The van der Waals surface area contributed by atoms with Gasteiger partial charge in [0.2, 0.25) is 11.8 Å². The number of thiazole rings is 1. The van der Waals surface area contributed by atoms with Crippen molar-refractivity contribution in [1.29, 1.82) is 0 Å². The number of imide groups is 1. The van der Waals surface area contributed by atoms with E-state index in [0.717, 1.165) is 21.9 Å². The van der Waals surface area contributed by atoms with Crippen molar-refractivity contribution in [3.05, 3.63) is 66.6 Å². The number of thioether (sulfide) groups is 1. The van der Waals surface area contributed by atoms with E-state index < -0.39 is 17.8 Å².